The first kappa shape index (κ1) is 15.0. The molecule has 3 aromatic rings. The lowest BCUT2D eigenvalue weighted by atomic mass is 10.1. The summed E-state index contributed by atoms with van der Waals surface area (Å²) in [5, 5.41) is 7.04. The number of aromatic amines is 1. The van der Waals surface area contributed by atoms with E-state index in [9.17, 15) is 9.59 Å². The van der Waals surface area contributed by atoms with Crippen molar-refractivity contribution in [2.75, 3.05) is 5.32 Å². The number of H-pyrrole nitrogens is 1. The van der Waals surface area contributed by atoms with Gasteiger partial charge in [-0.25, -0.2) is 0 Å². The Balaban J connectivity index is 1.96. The van der Waals surface area contributed by atoms with Gasteiger partial charge in [-0.05, 0) is 25.5 Å². The van der Waals surface area contributed by atoms with Gasteiger partial charge in [0.1, 0.15) is 5.82 Å². The van der Waals surface area contributed by atoms with Crippen LogP contribution in [0.5, 0.6) is 0 Å². The van der Waals surface area contributed by atoms with E-state index >= 15 is 0 Å². The van der Waals surface area contributed by atoms with Gasteiger partial charge in [0.25, 0.3) is 11.5 Å². The zero-order chi connectivity index (χ0) is 16.4. The van der Waals surface area contributed by atoms with Crippen molar-refractivity contribution in [3.63, 3.8) is 0 Å². The fourth-order valence-corrected chi connectivity index (χ4v) is 2.25. The van der Waals surface area contributed by atoms with Crippen molar-refractivity contribution in [2.45, 2.75) is 26.7 Å². The fraction of sp³-hybridized carbons (Fsp3) is 0.250. The smallest absolute Gasteiger partial charge is 0.256 e. The van der Waals surface area contributed by atoms with Gasteiger partial charge < -0.3 is 5.32 Å². The van der Waals surface area contributed by atoms with Crippen LogP contribution in [0.2, 0.25) is 0 Å². The number of benzene rings is 1. The number of amides is 1. The molecule has 7 nitrogen and oxygen atoms in total. The Morgan fingerprint density at radius 2 is 2.04 bits per heavy atom. The summed E-state index contributed by atoms with van der Waals surface area (Å²) in [5.74, 6) is 0.939. The number of anilines is 1. The summed E-state index contributed by atoms with van der Waals surface area (Å²) in [7, 11) is 0. The summed E-state index contributed by atoms with van der Waals surface area (Å²) in [6, 6.07) is 8.48. The van der Waals surface area contributed by atoms with Crippen LogP contribution in [0.3, 0.4) is 0 Å². The second-order valence-electron chi connectivity index (χ2n) is 5.35. The van der Waals surface area contributed by atoms with Crippen molar-refractivity contribution >= 4 is 17.5 Å². The Hall–Kier alpha value is -2.96. The van der Waals surface area contributed by atoms with Crippen LogP contribution in [-0.2, 0) is 6.42 Å². The van der Waals surface area contributed by atoms with Crippen LogP contribution in [0.1, 0.15) is 35.1 Å². The Morgan fingerprint density at radius 1 is 1.30 bits per heavy atom. The predicted molar refractivity (Wildman–Crippen MR) is 86.7 cm³/mol. The molecule has 0 saturated carbocycles. The molecule has 0 bridgehead atoms. The van der Waals surface area contributed by atoms with Gasteiger partial charge >= 0.3 is 0 Å². The fourth-order valence-electron chi connectivity index (χ4n) is 2.25. The van der Waals surface area contributed by atoms with E-state index in [1.54, 1.807) is 12.1 Å². The molecule has 2 heterocycles. The molecular weight excluding hydrogens is 294 g/mol. The van der Waals surface area contributed by atoms with E-state index in [1.807, 2.05) is 26.0 Å². The maximum Gasteiger partial charge on any atom is 0.256 e. The lowest BCUT2D eigenvalue weighted by Gasteiger charge is -2.06. The third-order valence-electron chi connectivity index (χ3n) is 3.41. The van der Waals surface area contributed by atoms with Gasteiger partial charge in [0.15, 0.2) is 5.82 Å². The Morgan fingerprint density at radius 3 is 2.74 bits per heavy atom. The second kappa shape index (κ2) is 6.04. The lowest BCUT2D eigenvalue weighted by Crippen LogP contribution is -2.18. The number of carbonyl (C=O) groups is 1. The minimum Gasteiger partial charge on any atom is -0.306 e. The molecular formula is C16H17N5O2. The molecule has 0 aliphatic heterocycles. The number of carbonyl (C=O) groups excluding carboxylic acids is 1. The summed E-state index contributed by atoms with van der Waals surface area (Å²) in [4.78, 5) is 30.9. The molecule has 118 valence electrons. The van der Waals surface area contributed by atoms with Gasteiger partial charge in [0, 0.05) is 18.1 Å². The second-order valence-corrected chi connectivity index (χ2v) is 5.35. The van der Waals surface area contributed by atoms with E-state index in [-0.39, 0.29) is 11.5 Å². The highest BCUT2D eigenvalue weighted by Crippen LogP contribution is 2.10. The van der Waals surface area contributed by atoms with Gasteiger partial charge in [-0.15, -0.1) is 5.10 Å². The number of aryl methyl sites for hydroxylation is 2. The summed E-state index contributed by atoms with van der Waals surface area (Å²) in [5.41, 5.74) is 1.24. The first-order valence-electron chi connectivity index (χ1n) is 7.44. The Labute approximate surface area is 132 Å². The van der Waals surface area contributed by atoms with Crippen molar-refractivity contribution < 1.29 is 4.79 Å². The molecule has 0 unspecified atom stereocenters. The van der Waals surface area contributed by atoms with Gasteiger partial charge in [-0.1, -0.05) is 24.6 Å². The molecule has 23 heavy (non-hydrogen) atoms. The number of aromatic nitrogens is 4. The third-order valence-corrected chi connectivity index (χ3v) is 3.41. The number of nitrogens with zero attached hydrogens (tertiary/aromatic N) is 3. The SMILES string of the molecule is CCCc1nc2[nH]c(=O)cc(NC(=O)c3ccc(C)cc3)n2n1. The molecule has 3 rings (SSSR count). The summed E-state index contributed by atoms with van der Waals surface area (Å²) < 4.78 is 1.44. The van der Waals surface area contributed by atoms with E-state index in [4.69, 9.17) is 0 Å². The largest absolute Gasteiger partial charge is 0.306 e. The Bertz CT molecular complexity index is 908. The standard InChI is InChI=1S/C16H17N5O2/c1-3-4-12-17-16-19-14(22)9-13(21(16)20-12)18-15(23)11-7-5-10(2)6-8-11/h5-9H,3-4H2,1-2H3,(H,18,23)(H,17,19,20,22). The number of fused-ring (bicyclic) bond motifs is 1. The van der Waals surface area contributed by atoms with E-state index in [2.05, 4.69) is 20.4 Å². The molecule has 0 fully saturated rings. The molecule has 1 aromatic carbocycles. The van der Waals surface area contributed by atoms with Gasteiger partial charge in [-0.2, -0.15) is 9.50 Å². The maximum absolute atomic E-state index is 12.3. The number of rotatable bonds is 4. The average molecular weight is 311 g/mol. The molecule has 2 N–H and O–H groups in total. The minimum atomic E-state index is -0.341. The molecule has 0 atom stereocenters. The van der Waals surface area contributed by atoms with Crippen LogP contribution in [-0.4, -0.2) is 25.5 Å². The molecule has 7 heteroatoms. The van der Waals surface area contributed by atoms with Crippen LogP contribution >= 0.6 is 0 Å². The topological polar surface area (TPSA) is 92.1 Å². The number of hydrogen-bond acceptors (Lipinski definition) is 4. The van der Waals surface area contributed by atoms with Gasteiger partial charge in [-0.3, -0.25) is 14.6 Å². The summed E-state index contributed by atoms with van der Waals surface area (Å²) >= 11 is 0. The van der Waals surface area contributed by atoms with E-state index in [1.165, 1.54) is 10.6 Å². The van der Waals surface area contributed by atoms with Crippen molar-refractivity contribution in [2.24, 2.45) is 0 Å². The van der Waals surface area contributed by atoms with E-state index in [0.717, 1.165) is 12.0 Å². The number of nitrogens with one attached hydrogen (secondary N) is 2. The first-order chi connectivity index (χ1) is 11.1. The molecule has 0 saturated heterocycles. The third kappa shape index (κ3) is 3.13. The molecule has 2 aromatic heterocycles. The van der Waals surface area contributed by atoms with Crippen LogP contribution < -0.4 is 10.9 Å². The van der Waals surface area contributed by atoms with Crippen LogP contribution in [0.25, 0.3) is 5.78 Å². The monoisotopic (exact) mass is 311 g/mol. The quantitative estimate of drug-likeness (QED) is 0.770. The van der Waals surface area contributed by atoms with Crippen molar-refractivity contribution in [3.05, 3.63) is 57.6 Å². The lowest BCUT2D eigenvalue weighted by molar-refractivity contribution is 0.102. The molecule has 1 amide bonds. The van der Waals surface area contributed by atoms with Crippen LogP contribution in [0.15, 0.2) is 35.1 Å². The maximum atomic E-state index is 12.3. The Kier molecular flexibility index (Phi) is 3.92. The molecule has 0 aliphatic carbocycles. The van der Waals surface area contributed by atoms with E-state index in [0.29, 0.717) is 29.4 Å². The molecule has 0 spiro atoms. The zero-order valence-corrected chi connectivity index (χ0v) is 13.0. The van der Waals surface area contributed by atoms with Crippen molar-refractivity contribution in [3.8, 4) is 0 Å². The number of hydrogen-bond donors (Lipinski definition) is 2. The highest BCUT2D eigenvalue weighted by atomic mass is 16.2. The van der Waals surface area contributed by atoms with Crippen LogP contribution in [0.4, 0.5) is 5.82 Å². The van der Waals surface area contributed by atoms with Gasteiger partial charge in [0.2, 0.25) is 5.78 Å². The van der Waals surface area contributed by atoms with Crippen molar-refractivity contribution in [1.82, 2.24) is 19.6 Å². The van der Waals surface area contributed by atoms with E-state index < -0.39 is 0 Å². The van der Waals surface area contributed by atoms with Crippen molar-refractivity contribution in [1.29, 1.82) is 0 Å². The highest BCUT2D eigenvalue weighted by molar-refractivity contribution is 6.03. The molecule has 0 radical (unpaired) electrons. The highest BCUT2D eigenvalue weighted by Gasteiger charge is 2.12. The zero-order valence-electron chi connectivity index (χ0n) is 13.0. The predicted octanol–water partition coefficient (Wildman–Crippen LogP) is 1.93. The summed E-state index contributed by atoms with van der Waals surface area (Å²) in [6.07, 6.45) is 1.60. The van der Waals surface area contributed by atoms with Crippen LogP contribution in [0, 0.1) is 6.92 Å². The van der Waals surface area contributed by atoms with Gasteiger partial charge in [0.05, 0.1) is 0 Å². The normalized spacial score (nSPS) is 10.9. The first-order valence-corrected chi connectivity index (χ1v) is 7.44. The summed E-state index contributed by atoms with van der Waals surface area (Å²) in [6.45, 7) is 3.97. The minimum absolute atomic E-state index is 0.296. The molecule has 0 aliphatic rings. The average Bonchev–Trinajstić information content (AvgIpc) is 2.90.